The molecule has 1 aromatic rings. The summed E-state index contributed by atoms with van der Waals surface area (Å²) in [5.74, 6) is -0.649. The molecular weight excluding hydrogens is 210 g/mol. The van der Waals surface area contributed by atoms with Crippen molar-refractivity contribution in [2.45, 2.75) is 12.3 Å². The Labute approximate surface area is 92.1 Å². The molecule has 16 heavy (non-hydrogen) atoms. The van der Waals surface area contributed by atoms with Crippen LogP contribution in [0.1, 0.15) is 17.9 Å². The first-order valence-electron chi connectivity index (χ1n) is 4.65. The summed E-state index contributed by atoms with van der Waals surface area (Å²) in [4.78, 5) is 30.5. The molecule has 0 bridgehead atoms. The third-order valence-electron chi connectivity index (χ3n) is 2.17. The van der Waals surface area contributed by atoms with Gasteiger partial charge in [0.05, 0.1) is 5.92 Å². The fraction of sp³-hybridized carbons (Fsp3) is 0.182. The summed E-state index contributed by atoms with van der Waals surface area (Å²) in [6.45, 7) is -0.250. The zero-order chi connectivity index (χ0) is 12.0. The van der Waals surface area contributed by atoms with Crippen LogP contribution in [0.25, 0.3) is 0 Å². The Kier molecular flexibility index (Phi) is 4.20. The Morgan fingerprint density at radius 1 is 1.25 bits per heavy atom. The molecule has 1 aliphatic rings. The first-order valence-corrected chi connectivity index (χ1v) is 4.65. The summed E-state index contributed by atoms with van der Waals surface area (Å²) in [5, 5.41) is 9.18. The number of nitrogens with one attached hydrogen (secondary N) is 1. The minimum atomic E-state index is -0.284. The Bertz CT molecular complexity index is 388. The molecule has 84 valence electrons. The van der Waals surface area contributed by atoms with Gasteiger partial charge in [-0.2, -0.15) is 0 Å². The van der Waals surface area contributed by atoms with Crippen molar-refractivity contribution in [1.82, 2.24) is 5.32 Å². The van der Waals surface area contributed by atoms with Crippen LogP contribution >= 0.6 is 0 Å². The predicted octanol–water partition coefficient (Wildman–Crippen LogP) is 0.517. The van der Waals surface area contributed by atoms with Crippen molar-refractivity contribution in [3.05, 3.63) is 35.9 Å². The minimum absolute atomic E-state index is 0.182. The molecule has 0 aliphatic carbocycles. The van der Waals surface area contributed by atoms with E-state index in [1.165, 1.54) is 0 Å². The van der Waals surface area contributed by atoms with Gasteiger partial charge in [0.1, 0.15) is 0 Å². The van der Waals surface area contributed by atoms with Gasteiger partial charge in [-0.3, -0.25) is 19.7 Å². The van der Waals surface area contributed by atoms with E-state index < -0.39 is 0 Å². The molecule has 1 aromatic carbocycles. The molecular formula is C11H11NO4. The number of benzene rings is 1. The molecule has 1 aliphatic heterocycles. The van der Waals surface area contributed by atoms with Gasteiger partial charge < -0.3 is 5.11 Å². The van der Waals surface area contributed by atoms with Gasteiger partial charge in [0.15, 0.2) is 0 Å². The normalized spacial score (nSPS) is 18.4. The summed E-state index contributed by atoms with van der Waals surface area (Å²) >= 11 is 0. The topological polar surface area (TPSA) is 83.5 Å². The third kappa shape index (κ3) is 2.91. The van der Waals surface area contributed by atoms with Crippen molar-refractivity contribution in [3.8, 4) is 0 Å². The van der Waals surface area contributed by atoms with E-state index >= 15 is 0 Å². The first kappa shape index (κ1) is 11.9. The van der Waals surface area contributed by atoms with Crippen LogP contribution in [0.5, 0.6) is 0 Å². The number of carbonyl (C=O) groups is 3. The van der Waals surface area contributed by atoms with Crippen LogP contribution in [0.3, 0.4) is 0 Å². The first-order chi connectivity index (χ1) is 7.69. The molecule has 0 radical (unpaired) electrons. The minimum Gasteiger partial charge on any atom is -0.483 e. The van der Waals surface area contributed by atoms with E-state index in [0.717, 1.165) is 5.56 Å². The van der Waals surface area contributed by atoms with Crippen molar-refractivity contribution >= 4 is 18.3 Å². The third-order valence-corrected chi connectivity index (χ3v) is 2.17. The maximum atomic E-state index is 11.3. The summed E-state index contributed by atoms with van der Waals surface area (Å²) in [7, 11) is 0. The average Bonchev–Trinajstić information content (AvgIpc) is 2.60. The quantitative estimate of drug-likeness (QED) is 0.535. The zero-order valence-corrected chi connectivity index (χ0v) is 8.42. The van der Waals surface area contributed by atoms with Crippen LogP contribution < -0.4 is 5.32 Å². The number of imide groups is 1. The van der Waals surface area contributed by atoms with Crippen LogP contribution in [-0.4, -0.2) is 23.4 Å². The molecule has 2 rings (SSSR count). The van der Waals surface area contributed by atoms with Crippen LogP contribution in [0.4, 0.5) is 0 Å². The molecule has 1 heterocycles. The number of carbonyl (C=O) groups excluding carboxylic acids is 2. The highest BCUT2D eigenvalue weighted by Gasteiger charge is 2.31. The number of rotatable bonds is 1. The molecule has 1 saturated heterocycles. The van der Waals surface area contributed by atoms with Crippen LogP contribution in [0.15, 0.2) is 30.3 Å². The Balaban J connectivity index is 0.000000386. The zero-order valence-electron chi connectivity index (χ0n) is 8.42. The van der Waals surface area contributed by atoms with E-state index in [9.17, 15) is 9.59 Å². The van der Waals surface area contributed by atoms with Gasteiger partial charge in [-0.1, -0.05) is 30.3 Å². The summed E-state index contributed by atoms with van der Waals surface area (Å²) in [6, 6.07) is 9.35. The molecule has 5 nitrogen and oxygen atoms in total. The predicted molar refractivity (Wildman–Crippen MR) is 55.6 cm³/mol. The molecule has 1 unspecified atom stereocenters. The van der Waals surface area contributed by atoms with E-state index in [0.29, 0.717) is 0 Å². The lowest BCUT2D eigenvalue weighted by Crippen LogP contribution is -2.21. The second-order valence-electron chi connectivity index (χ2n) is 3.19. The Morgan fingerprint density at radius 2 is 1.81 bits per heavy atom. The smallest absolute Gasteiger partial charge is 0.290 e. The van der Waals surface area contributed by atoms with E-state index in [2.05, 4.69) is 5.32 Å². The SMILES string of the molecule is O=C1CC(c2ccccc2)C(=O)N1.O=CO. The lowest BCUT2D eigenvalue weighted by Gasteiger charge is -2.04. The van der Waals surface area contributed by atoms with E-state index in [-0.39, 0.29) is 30.6 Å². The monoisotopic (exact) mass is 221 g/mol. The number of carboxylic acid groups (broad SMARTS) is 1. The van der Waals surface area contributed by atoms with Gasteiger partial charge in [-0.15, -0.1) is 0 Å². The van der Waals surface area contributed by atoms with Crippen molar-refractivity contribution in [2.24, 2.45) is 0 Å². The highest BCUT2D eigenvalue weighted by molar-refractivity contribution is 6.06. The van der Waals surface area contributed by atoms with Crippen LogP contribution in [0.2, 0.25) is 0 Å². The molecule has 1 atom stereocenters. The molecule has 0 saturated carbocycles. The fourth-order valence-corrected chi connectivity index (χ4v) is 1.51. The summed E-state index contributed by atoms with van der Waals surface area (Å²) in [6.07, 6.45) is 0.281. The summed E-state index contributed by atoms with van der Waals surface area (Å²) in [5.41, 5.74) is 0.908. The van der Waals surface area contributed by atoms with Gasteiger partial charge in [-0.05, 0) is 5.56 Å². The van der Waals surface area contributed by atoms with E-state index in [4.69, 9.17) is 9.90 Å². The molecule has 2 amide bonds. The molecule has 0 spiro atoms. The average molecular weight is 221 g/mol. The standard InChI is InChI=1S/C10H9NO2.CH2O2/c12-9-6-8(10(13)11-9)7-4-2-1-3-5-7;2-1-3/h1-5,8H,6H2,(H,11,12,13);1H,(H,2,3). The van der Waals surface area contributed by atoms with Gasteiger partial charge >= 0.3 is 0 Å². The van der Waals surface area contributed by atoms with Crippen LogP contribution in [-0.2, 0) is 14.4 Å². The van der Waals surface area contributed by atoms with Gasteiger partial charge in [0, 0.05) is 6.42 Å². The number of amides is 2. The number of hydrogen-bond donors (Lipinski definition) is 2. The van der Waals surface area contributed by atoms with Gasteiger partial charge in [0.2, 0.25) is 11.8 Å². The lowest BCUT2D eigenvalue weighted by molar-refractivity contribution is -0.125. The van der Waals surface area contributed by atoms with Crippen molar-refractivity contribution < 1.29 is 19.5 Å². The van der Waals surface area contributed by atoms with Crippen molar-refractivity contribution in [2.75, 3.05) is 0 Å². The fourth-order valence-electron chi connectivity index (χ4n) is 1.51. The van der Waals surface area contributed by atoms with Crippen LogP contribution in [0, 0.1) is 0 Å². The maximum absolute atomic E-state index is 11.3. The molecule has 0 aromatic heterocycles. The second kappa shape index (κ2) is 5.65. The van der Waals surface area contributed by atoms with Crippen molar-refractivity contribution in [3.63, 3.8) is 0 Å². The van der Waals surface area contributed by atoms with E-state index in [1.807, 2.05) is 30.3 Å². The maximum Gasteiger partial charge on any atom is 0.290 e. The molecule has 2 N–H and O–H groups in total. The largest absolute Gasteiger partial charge is 0.483 e. The Hall–Kier alpha value is -2.17. The number of hydrogen-bond acceptors (Lipinski definition) is 3. The van der Waals surface area contributed by atoms with E-state index in [1.54, 1.807) is 0 Å². The highest BCUT2D eigenvalue weighted by Crippen LogP contribution is 2.23. The summed E-state index contributed by atoms with van der Waals surface area (Å²) < 4.78 is 0. The molecule has 5 heteroatoms. The second-order valence-corrected chi connectivity index (χ2v) is 3.19. The lowest BCUT2D eigenvalue weighted by atomic mass is 9.98. The van der Waals surface area contributed by atoms with Gasteiger partial charge in [-0.25, -0.2) is 0 Å². The van der Waals surface area contributed by atoms with Gasteiger partial charge in [0.25, 0.3) is 6.47 Å². The highest BCUT2D eigenvalue weighted by atomic mass is 16.3. The molecule has 1 fully saturated rings. The Morgan fingerprint density at radius 3 is 2.25 bits per heavy atom. The van der Waals surface area contributed by atoms with Crippen molar-refractivity contribution in [1.29, 1.82) is 0 Å².